The topological polar surface area (TPSA) is 17.1 Å². The van der Waals surface area contributed by atoms with E-state index in [1.54, 1.807) is 11.3 Å². The first-order valence-electron chi connectivity index (χ1n) is 5.89. The summed E-state index contributed by atoms with van der Waals surface area (Å²) < 4.78 is 0. The molecule has 0 fully saturated rings. The first-order valence-corrected chi connectivity index (χ1v) is 6.84. The zero-order valence-electron chi connectivity index (χ0n) is 10.7. The molecule has 1 unspecified atom stereocenters. The summed E-state index contributed by atoms with van der Waals surface area (Å²) in [5, 5.41) is 4.09. The van der Waals surface area contributed by atoms with Gasteiger partial charge in [-0.3, -0.25) is 4.79 Å². The highest BCUT2D eigenvalue weighted by molar-refractivity contribution is 7.07. The molecule has 1 atom stereocenters. The second kappa shape index (κ2) is 5.62. The molecule has 2 heteroatoms. The molecule has 0 N–H and O–H groups in total. The first kappa shape index (κ1) is 13.4. The summed E-state index contributed by atoms with van der Waals surface area (Å²) in [5.74, 6) is 0.862. The Kier molecular flexibility index (Phi) is 4.72. The van der Waals surface area contributed by atoms with Crippen LogP contribution in [0.15, 0.2) is 16.8 Å². The van der Waals surface area contributed by atoms with Crippen molar-refractivity contribution in [3.05, 3.63) is 22.4 Å². The van der Waals surface area contributed by atoms with Crippen LogP contribution in [-0.4, -0.2) is 5.78 Å². The summed E-state index contributed by atoms with van der Waals surface area (Å²) in [7, 11) is 0. The zero-order chi connectivity index (χ0) is 12.2. The average molecular weight is 238 g/mol. The van der Waals surface area contributed by atoms with Gasteiger partial charge >= 0.3 is 0 Å². The number of hydrogen-bond acceptors (Lipinski definition) is 2. The molecular weight excluding hydrogens is 216 g/mol. The zero-order valence-corrected chi connectivity index (χ0v) is 11.6. The van der Waals surface area contributed by atoms with Gasteiger partial charge in [0, 0.05) is 12.8 Å². The quantitative estimate of drug-likeness (QED) is 0.746. The van der Waals surface area contributed by atoms with E-state index in [0.29, 0.717) is 30.0 Å². The number of thiophene rings is 1. The summed E-state index contributed by atoms with van der Waals surface area (Å²) in [4.78, 5) is 11.8. The van der Waals surface area contributed by atoms with Crippen LogP contribution in [0.5, 0.6) is 0 Å². The molecule has 0 amide bonds. The summed E-state index contributed by atoms with van der Waals surface area (Å²) >= 11 is 1.66. The Bertz CT molecular complexity index is 319. The molecule has 0 aliphatic rings. The molecule has 16 heavy (non-hydrogen) atoms. The number of carbonyl (C=O) groups is 1. The highest BCUT2D eigenvalue weighted by atomic mass is 32.1. The normalized spacial score (nSPS) is 13.8. The van der Waals surface area contributed by atoms with Gasteiger partial charge in [-0.15, -0.1) is 0 Å². The van der Waals surface area contributed by atoms with E-state index in [1.165, 1.54) is 0 Å². The van der Waals surface area contributed by atoms with Gasteiger partial charge in [-0.1, -0.05) is 27.7 Å². The second-order valence-corrected chi connectivity index (χ2v) is 6.70. The first-order chi connectivity index (χ1) is 7.37. The molecule has 1 aromatic rings. The number of rotatable bonds is 5. The number of Topliss-reactive ketones (excluding diaryl/α,β-unsaturated/α-hetero) is 1. The van der Waals surface area contributed by atoms with E-state index >= 15 is 0 Å². The Hall–Kier alpha value is -0.630. The fourth-order valence-corrected chi connectivity index (χ4v) is 2.87. The molecule has 1 heterocycles. The summed E-state index contributed by atoms with van der Waals surface area (Å²) in [6.45, 7) is 8.86. The Morgan fingerprint density at radius 3 is 2.62 bits per heavy atom. The fraction of sp³-hybridized carbons (Fsp3) is 0.643. The lowest BCUT2D eigenvalue weighted by molar-refractivity contribution is -0.119. The minimum atomic E-state index is 0.322. The van der Waals surface area contributed by atoms with Crippen LogP contribution in [0, 0.1) is 11.3 Å². The highest BCUT2D eigenvalue weighted by Gasteiger charge is 2.17. The van der Waals surface area contributed by atoms with Crippen LogP contribution >= 0.6 is 11.3 Å². The molecule has 0 aromatic carbocycles. The molecular formula is C14H22OS. The lowest BCUT2D eigenvalue weighted by Crippen LogP contribution is -2.15. The van der Waals surface area contributed by atoms with E-state index in [-0.39, 0.29) is 0 Å². The summed E-state index contributed by atoms with van der Waals surface area (Å²) in [5.41, 5.74) is 1.49. The molecule has 1 aromatic heterocycles. The molecule has 0 aliphatic carbocycles. The Balaban J connectivity index is 2.34. The lowest BCUT2D eigenvalue weighted by Gasteiger charge is -2.22. The van der Waals surface area contributed by atoms with Crippen molar-refractivity contribution in [3.8, 4) is 0 Å². The van der Waals surface area contributed by atoms with Crippen LogP contribution in [0.25, 0.3) is 0 Å². The smallest absolute Gasteiger partial charge is 0.137 e. The number of hydrogen-bond donors (Lipinski definition) is 0. The van der Waals surface area contributed by atoms with E-state index < -0.39 is 0 Å². The van der Waals surface area contributed by atoms with Crippen LogP contribution in [0.1, 0.15) is 46.1 Å². The molecule has 1 rings (SSSR count). The van der Waals surface area contributed by atoms with Gasteiger partial charge in [0.15, 0.2) is 0 Å². The lowest BCUT2D eigenvalue weighted by atomic mass is 9.83. The molecule has 90 valence electrons. The van der Waals surface area contributed by atoms with Gasteiger partial charge in [0.1, 0.15) is 5.78 Å². The Labute approximate surface area is 103 Å². The van der Waals surface area contributed by atoms with Gasteiger partial charge in [0.2, 0.25) is 0 Å². The maximum Gasteiger partial charge on any atom is 0.137 e. The monoisotopic (exact) mass is 238 g/mol. The predicted molar refractivity (Wildman–Crippen MR) is 70.9 cm³/mol. The van der Waals surface area contributed by atoms with Gasteiger partial charge in [0.25, 0.3) is 0 Å². The van der Waals surface area contributed by atoms with Crippen molar-refractivity contribution >= 4 is 17.1 Å². The van der Waals surface area contributed by atoms with Crippen molar-refractivity contribution in [1.29, 1.82) is 0 Å². The number of ketones is 1. The summed E-state index contributed by atoms with van der Waals surface area (Å²) in [6, 6.07) is 2.04. The Morgan fingerprint density at radius 2 is 2.12 bits per heavy atom. The third kappa shape index (κ3) is 5.45. The van der Waals surface area contributed by atoms with Crippen molar-refractivity contribution in [2.45, 2.75) is 47.0 Å². The standard InChI is InChI=1S/C14H22OS/c1-11(9-14(2,3)4)7-13(15)8-12-5-6-16-10-12/h5-6,10-11H,7-9H2,1-4H3. The van der Waals surface area contributed by atoms with Gasteiger partial charge in [-0.05, 0) is 40.1 Å². The van der Waals surface area contributed by atoms with Crippen molar-refractivity contribution in [2.75, 3.05) is 0 Å². The van der Waals surface area contributed by atoms with Gasteiger partial charge in [-0.25, -0.2) is 0 Å². The third-order valence-corrected chi connectivity index (χ3v) is 3.25. The van der Waals surface area contributed by atoms with Crippen LogP contribution in [0.4, 0.5) is 0 Å². The molecule has 1 nitrogen and oxygen atoms in total. The second-order valence-electron chi connectivity index (χ2n) is 5.92. The summed E-state index contributed by atoms with van der Waals surface area (Å²) in [6.07, 6.45) is 2.44. The molecule has 0 aliphatic heterocycles. The van der Waals surface area contributed by atoms with Crippen LogP contribution < -0.4 is 0 Å². The van der Waals surface area contributed by atoms with Gasteiger partial charge < -0.3 is 0 Å². The van der Waals surface area contributed by atoms with Crippen molar-refractivity contribution in [3.63, 3.8) is 0 Å². The molecule has 0 bridgehead atoms. The van der Waals surface area contributed by atoms with E-state index in [9.17, 15) is 4.79 Å². The van der Waals surface area contributed by atoms with E-state index in [0.717, 1.165) is 12.0 Å². The highest BCUT2D eigenvalue weighted by Crippen LogP contribution is 2.26. The number of carbonyl (C=O) groups excluding carboxylic acids is 1. The van der Waals surface area contributed by atoms with E-state index in [1.807, 2.05) is 11.4 Å². The molecule has 0 saturated carbocycles. The van der Waals surface area contributed by atoms with Gasteiger partial charge in [-0.2, -0.15) is 11.3 Å². The minimum Gasteiger partial charge on any atom is -0.299 e. The fourth-order valence-electron chi connectivity index (χ4n) is 2.20. The maximum absolute atomic E-state index is 11.8. The van der Waals surface area contributed by atoms with Crippen LogP contribution in [-0.2, 0) is 11.2 Å². The van der Waals surface area contributed by atoms with E-state index in [2.05, 4.69) is 33.1 Å². The molecule has 0 radical (unpaired) electrons. The molecule has 0 saturated heterocycles. The van der Waals surface area contributed by atoms with Crippen LogP contribution in [0.2, 0.25) is 0 Å². The van der Waals surface area contributed by atoms with Crippen molar-refractivity contribution in [2.24, 2.45) is 11.3 Å². The molecule has 0 spiro atoms. The maximum atomic E-state index is 11.8. The Morgan fingerprint density at radius 1 is 1.44 bits per heavy atom. The van der Waals surface area contributed by atoms with Crippen molar-refractivity contribution < 1.29 is 4.79 Å². The average Bonchev–Trinajstić information content (AvgIpc) is 2.51. The van der Waals surface area contributed by atoms with Crippen LogP contribution in [0.3, 0.4) is 0 Å². The predicted octanol–water partition coefficient (Wildman–Crippen LogP) is 4.32. The SMILES string of the molecule is CC(CC(=O)Cc1ccsc1)CC(C)(C)C. The van der Waals surface area contributed by atoms with Gasteiger partial charge in [0.05, 0.1) is 0 Å². The van der Waals surface area contributed by atoms with E-state index in [4.69, 9.17) is 0 Å². The minimum absolute atomic E-state index is 0.322. The largest absolute Gasteiger partial charge is 0.299 e. The third-order valence-electron chi connectivity index (χ3n) is 2.52. The van der Waals surface area contributed by atoms with Crippen molar-refractivity contribution in [1.82, 2.24) is 0 Å².